The SMILES string of the molecule is Cc1cccc(C)c1CN1CCCC1CCl. The third-order valence-corrected chi connectivity index (χ3v) is 4.04. The lowest BCUT2D eigenvalue weighted by Gasteiger charge is -2.24. The Bertz CT molecular complexity index is 342. The highest BCUT2D eigenvalue weighted by Crippen LogP contribution is 2.23. The highest BCUT2D eigenvalue weighted by atomic mass is 35.5. The first kappa shape index (κ1) is 11.9. The molecular weight excluding hydrogens is 218 g/mol. The van der Waals surface area contributed by atoms with Gasteiger partial charge in [0, 0.05) is 18.5 Å². The Morgan fingerprint density at radius 1 is 1.31 bits per heavy atom. The third-order valence-electron chi connectivity index (χ3n) is 3.68. The summed E-state index contributed by atoms with van der Waals surface area (Å²) >= 11 is 6.01. The molecule has 1 aromatic rings. The fourth-order valence-electron chi connectivity index (χ4n) is 2.58. The van der Waals surface area contributed by atoms with E-state index in [9.17, 15) is 0 Å². The zero-order valence-electron chi connectivity index (χ0n) is 10.2. The number of aryl methyl sites for hydroxylation is 2. The predicted octanol–water partition coefficient (Wildman–Crippen LogP) is 3.51. The summed E-state index contributed by atoms with van der Waals surface area (Å²) in [7, 11) is 0. The van der Waals surface area contributed by atoms with Crippen molar-refractivity contribution in [1.82, 2.24) is 4.90 Å². The summed E-state index contributed by atoms with van der Waals surface area (Å²) in [6, 6.07) is 7.13. The Balaban J connectivity index is 2.14. The van der Waals surface area contributed by atoms with E-state index in [1.165, 1.54) is 36.1 Å². The number of hydrogen-bond acceptors (Lipinski definition) is 1. The number of nitrogens with zero attached hydrogens (tertiary/aromatic N) is 1. The van der Waals surface area contributed by atoms with Gasteiger partial charge in [-0.25, -0.2) is 0 Å². The van der Waals surface area contributed by atoms with Gasteiger partial charge in [0.25, 0.3) is 0 Å². The van der Waals surface area contributed by atoms with Crippen LogP contribution in [0.1, 0.15) is 29.5 Å². The first-order valence-electron chi connectivity index (χ1n) is 6.07. The van der Waals surface area contributed by atoms with Gasteiger partial charge in [-0.05, 0) is 49.9 Å². The van der Waals surface area contributed by atoms with Gasteiger partial charge in [-0.3, -0.25) is 4.90 Å². The second-order valence-corrected chi connectivity index (χ2v) is 5.10. The highest BCUT2D eigenvalue weighted by Gasteiger charge is 2.24. The van der Waals surface area contributed by atoms with Crippen LogP contribution in [0, 0.1) is 13.8 Å². The molecule has 1 aliphatic heterocycles. The van der Waals surface area contributed by atoms with Crippen molar-refractivity contribution in [2.45, 2.75) is 39.3 Å². The molecule has 2 heteroatoms. The van der Waals surface area contributed by atoms with Crippen LogP contribution in [-0.2, 0) is 6.54 Å². The van der Waals surface area contributed by atoms with E-state index in [1.54, 1.807) is 0 Å². The maximum Gasteiger partial charge on any atom is 0.0379 e. The molecule has 0 aliphatic carbocycles. The maximum atomic E-state index is 6.01. The number of halogens is 1. The van der Waals surface area contributed by atoms with E-state index in [1.807, 2.05) is 0 Å². The smallest absolute Gasteiger partial charge is 0.0379 e. The normalized spacial score (nSPS) is 21.6. The lowest BCUT2D eigenvalue weighted by molar-refractivity contribution is 0.262. The molecule has 0 N–H and O–H groups in total. The first-order valence-corrected chi connectivity index (χ1v) is 6.61. The summed E-state index contributed by atoms with van der Waals surface area (Å²) < 4.78 is 0. The molecule has 1 fully saturated rings. The van der Waals surface area contributed by atoms with Gasteiger partial charge in [-0.1, -0.05) is 18.2 Å². The number of rotatable bonds is 3. The zero-order chi connectivity index (χ0) is 11.5. The highest BCUT2D eigenvalue weighted by molar-refractivity contribution is 6.18. The number of hydrogen-bond donors (Lipinski definition) is 0. The summed E-state index contributed by atoms with van der Waals surface area (Å²) in [6.45, 7) is 6.67. The molecule has 1 atom stereocenters. The predicted molar refractivity (Wildman–Crippen MR) is 70.1 cm³/mol. The molecule has 0 amide bonds. The largest absolute Gasteiger partial charge is 0.295 e. The van der Waals surface area contributed by atoms with Crippen molar-refractivity contribution in [3.8, 4) is 0 Å². The Morgan fingerprint density at radius 3 is 2.62 bits per heavy atom. The van der Waals surface area contributed by atoms with Crippen LogP contribution in [0.5, 0.6) is 0 Å². The summed E-state index contributed by atoms with van der Waals surface area (Å²) in [5, 5.41) is 0. The quantitative estimate of drug-likeness (QED) is 0.728. The molecule has 88 valence electrons. The lowest BCUT2D eigenvalue weighted by atomic mass is 10.0. The second-order valence-electron chi connectivity index (χ2n) is 4.79. The fraction of sp³-hybridized carbons (Fsp3) is 0.571. The Hall–Kier alpha value is -0.530. The van der Waals surface area contributed by atoms with E-state index in [4.69, 9.17) is 11.6 Å². The van der Waals surface area contributed by atoms with Gasteiger partial charge in [0.05, 0.1) is 0 Å². The van der Waals surface area contributed by atoms with Gasteiger partial charge in [-0.15, -0.1) is 11.6 Å². The van der Waals surface area contributed by atoms with E-state index < -0.39 is 0 Å². The minimum Gasteiger partial charge on any atom is -0.295 e. The van der Waals surface area contributed by atoms with Crippen LogP contribution in [0.25, 0.3) is 0 Å². The molecule has 1 aliphatic rings. The van der Waals surface area contributed by atoms with Crippen molar-refractivity contribution < 1.29 is 0 Å². The van der Waals surface area contributed by atoms with Crippen molar-refractivity contribution >= 4 is 11.6 Å². The van der Waals surface area contributed by atoms with Crippen LogP contribution in [0.2, 0.25) is 0 Å². The van der Waals surface area contributed by atoms with Crippen molar-refractivity contribution in [1.29, 1.82) is 0 Å². The van der Waals surface area contributed by atoms with Crippen molar-refractivity contribution in [3.63, 3.8) is 0 Å². The average molecular weight is 238 g/mol. The summed E-state index contributed by atoms with van der Waals surface area (Å²) in [5.41, 5.74) is 4.29. The van der Waals surface area contributed by atoms with E-state index >= 15 is 0 Å². The molecule has 1 saturated heterocycles. The van der Waals surface area contributed by atoms with Crippen LogP contribution in [-0.4, -0.2) is 23.4 Å². The molecule has 0 bridgehead atoms. The molecule has 0 aromatic heterocycles. The number of alkyl halides is 1. The minimum atomic E-state index is 0.584. The molecule has 16 heavy (non-hydrogen) atoms. The van der Waals surface area contributed by atoms with E-state index in [0.717, 1.165) is 12.4 Å². The lowest BCUT2D eigenvalue weighted by Crippen LogP contribution is -2.30. The van der Waals surface area contributed by atoms with Gasteiger partial charge in [0.2, 0.25) is 0 Å². The van der Waals surface area contributed by atoms with Gasteiger partial charge in [0.15, 0.2) is 0 Å². The van der Waals surface area contributed by atoms with Gasteiger partial charge < -0.3 is 0 Å². The number of benzene rings is 1. The topological polar surface area (TPSA) is 3.24 Å². The Morgan fingerprint density at radius 2 is 2.00 bits per heavy atom. The molecule has 1 heterocycles. The van der Waals surface area contributed by atoms with Gasteiger partial charge in [-0.2, -0.15) is 0 Å². The maximum absolute atomic E-state index is 6.01. The first-order chi connectivity index (χ1) is 7.72. The molecule has 1 unspecified atom stereocenters. The van der Waals surface area contributed by atoms with Crippen molar-refractivity contribution in [2.75, 3.05) is 12.4 Å². The van der Waals surface area contributed by atoms with E-state index in [-0.39, 0.29) is 0 Å². The monoisotopic (exact) mass is 237 g/mol. The average Bonchev–Trinajstić information content (AvgIpc) is 2.71. The number of likely N-dealkylation sites (tertiary alicyclic amines) is 1. The second kappa shape index (κ2) is 5.20. The van der Waals surface area contributed by atoms with Crippen LogP contribution >= 0.6 is 11.6 Å². The molecule has 0 radical (unpaired) electrons. The standard InChI is InChI=1S/C14H20ClN/c1-11-5-3-6-12(2)14(11)10-16-8-4-7-13(16)9-15/h3,5-6,13H,4,7-10H2,1-2H3. The van der Waals surface area contributed by atoms with E-state index in [2.05, 4.69) is 36.9 Å². The van der Waals surface area contributed by atoms with Gasteiger partial charge in [0.1, 0.15) is 0 Å². The molecule has 0 saturated carbocycles. The van der Waals surface area contributed by atoms with Crippen LogP contribution < -0.4 is 0 Å². The molecular formula is C14H20ClN. The van der Waals surface area contributed by atoms with Crippen LogP contribution in [0.4, 0.5) is 0 Å². The Kier molecular flexibility index (Phi) is 3.88. The minimum absolute atomic E-state index is 0.584. The summed E-state index contributed by atoms with van der Waals surface area (Å²) in [6.07, 6.45) is 2.55. The molecule has 1 aromatic carbocycles. The fourth-order valence-corrected chi connectivity index (χ4v) is 2.93. The summed E-state index contributed by atoms with van der Waals surface area (Å²) in [4.78, 5) is 2.53. The van der Waals surface area contributed by atoms with Crippen LogP contribution in [0.15, 0.2) is 18.2 Å². The molecule has 1 nitrogen and oxygen atoms in total. The molecule has 0 spiro atoms. The van der Waals surface area contributed by atoms with E-state index in [0.29, 0.717) is 6.04 Å². The van der Waals surface area contributed by atoms with Crippen molar-refractivity contribution in [3.05, 3.63) is 34.9 Å². The third kappa shape index (κ3) is 2.41. The Labute approximate surface area is 103 Å². The van der Waals surface area contributed by atoms with Gasteiger partial charge >= 0.3 is 0 Å². The molecule has 2 rings (SSSR count). The van der Waals surface area contributed by atoms with Crippen LogP contribution in [0.3, 0.4) is 0 Å². The zero-order valence-corrected chi connectivity index (χ0v) is 10.9. The van der Waals surface area contributed by atoms with Crippen molar-refractivity contribution in [2.24, 2.45) is 0 Å². The summed E-state index contributed by atoms with van der Waals surface area (Å²) in [5.74, 6) is 0.769.